The summed E-state index contributed by atoms with van der Waals surface area (Å²) in [6, 6.07) is 4.30. The van der Waals surface area contributed by atoms with Gasteiger partial charge in [0.25, 0.3) is 0 Å². The maximum Gasteiger partial charge on any atom is 0.322 e. The van der Waals surface area contributed by atoms with Crippen molar-refractivity contribution in [2.75, 3.05) is 37.7 Å². The first-order valence-corrected chi connectivity index (χ1v) is 14.6. The summed E-state index contributed by atoms with van der Waals surface area (Å²) in [6.45, 7) is 5.55. The topological polar surface area (TPSA) is 86.6 Å². The number of aromatic hydroxyl groups is 1. The van der Waals surface area contributed by atoms with Gasteiger partial charge in [0.1, 0.15) is 18.5 Å². The Morgan fingerprint density at radius 1 is 1.18 bits per heavy atom. The molecule has 0 unspecified atom stereocenters. The maximum atomic E-state index is 14.3. The summed E-state index contributed by atoms with van der Waals surface area (Å²) in [7, 11) is 0. The van der Waals surface area contributed by atoms with Crippen molar-refractivity contribution >= 4 is 17.5 Å². The van der Waals surface area contributed by atoms with Crippen molar-refractivity contribution in [1.82, 2.24) is 25.2 Å². The quantitative estimate of drug-likeness (QED) is 0.544. The van der Waals surface area contributed by atoms with E-state index in [0.29, 0.717) is 65.9 Å². The van der Waals surface area contributed by atoms with Crippen LogP contribution in [0.3, 0.4) is 0 Å². The Labute approximate surface area is 233 Å². The van der Waals surface area contributed by atoms with Crippen molar-refractivity contribution in [3.63, 3.8) is 0 Å². The van der Waals surface area contributed by atoms with Crippen LogP contribution in [0.1, 0.15) is 68.3 Å². The van der Waals surface area contributed by atoms with Gasteiger partial charge in [-0.2, -0.15) is 15.0 Å². The molecule has 2 bridgehead atoms. The monoisotopic (exact) mass is 552 g/mol. The fourth-order valence-corrected chi connectivity index (χ4v) is 7.50. The highest BCUT2D eigenvalue weighted by molar-refractivity contribution is 6.31. The minimum Gasteiger partial charge on any atom is -0.508 e. The minimum atomic E-state index is -0.821. The minimum absolute atomic E-state index is 0.0844. The second-order valence-electron chi connectivity index (χ2n) is 12.1. The molecule has 1 aromatic heterocycles. The number of hydrogen-bond acceptors (Lipinski definition) is 8. The van der Waals surface area contributed by atoms with E-state index in [4.69, 9.17) is 26.3 Å². The fourth-order valence-electron chi connectivity index (χ4n) is 7.15. The summed E-state index contributed by atoms with van der Waals surface area (Å²) in [4.78, 5) is 18.4. The normalized spacial score (nSPS) is 33.1. The number of halogens is 2. The van der Waals surface area contributed by atoms with Gasteiger partial charge in [0.2, 0.25) is 11.8 Å². The second kappa shape index (κ2) is 9.76. The van der Waals surface area contributed by atoms with Crippen LogP contribution < -0.4 is 15.0 Å². The van der Waals surface area contributed by atoms with E-state index in [1.54, 1.807) is 12.1 Å². The highest BCUT2D eigenvalue weighted by Gasteiger charge is 2.49. The van der Waals surface area contributed by atoms with Crippen molar-refractivity contribution in [3.05, 3.63) is 34.1 Å². The van der Waals surface area contributed by atoms with Gasteiger partial charge in [-0.15, -0.1) is 0 Å². The summed E-state index contributed by atoms with van der Waals surface area (Å²) < 4.78 is 20.5. The van der Waals surface area contributed by atoms with Crippen LogP contribution in [0.25, 0.3) is 0 Å². The average molecular weight is 553 g/mol. The highest BCUT2D eigenvalue weighted by atomic mass is 35.5. The van der Waals surface area contributed by atoms with Crippen LogP contribution in [0.15, 0.2) is 12.1 Å². The number of anilines is 1. The molecular weight excluding hydrogens is 519 g/mol. The number of alkyl halides is 1. The zero-order valence-electron chi connectivity index (χ0n) is 22.2. The first-order valence-electron chi connectivity index (χ1n) is 14.2. The molecular formula is C29H34ClFN6O2. The van der Waals surface area contributed by atoms with Gasteiger partial charge < -0.3 is 20.1 Å². The molecule has 1 saturated carbocycles. The van der Waals surface area contributed by atoms with Gasteiger partial charge >= 0.3 is 6.01 Å². The van der Waals surface area contributed by atoms with Crippen molar-refractivity contribution < 1.29 is 14.2 Å². The zero-order valence-corrected chi connectivity index (χ0v) is 22.9. The van der Waals surface area contributed by atoms with E-state index in [0.717, 1.165) is 57.3 Å². The fraction of sp³-hybridized carbons (Fsp3) is 0.621. The number of nitrogens with zero attached hydrogens (tertiary/aromatic N) is 5. The summed E-state index contributed by atoms with van der Waals surface area (Å²) in [5, 5.41) is 14.4. The van der Waals surface area contributed by atoms with Crippen LogP contribution in [0.5, 0.6) is 11.8 Å². The summed E-state index contributed by atoms with van der Waals surface area (Å²) in [6.07, 6.45) is 4.97. The van der Waals surface area contributed by atoms with E-state index in [1.165, 1.54) is 0 Å². The Balaban J connectivity index is 1.21. The molecule has 0 amide bonds. The molecule has 5 fully saturated rings. The first-order chi connectivity index (χ1) is 18.8. The van der Waals surface area contributed by atoms with E-state index in [2.05, 4.69) is 38.9 Å². The molecule has 0 spiro atoms. The summed E-state index contributed by atoms with van der Waals surface area (Å²) >= 11 is 6.53. The molecule has 1 aromatic carbocycles. The van der Waals surface area contributed by atoms with Crippen LogP contribution >= 0.6 is 11.6 Å². The number of benzene rings is 1. The van der Waals surface area contributed by atoms with Gasteiger partial charge in [-0.1, -0.05) is 24.4 Å². The highest BCUT2D eigenvalue weighted by Crippen LogP contribution is 2.51. The number of rotatable bonds is 5. The number of piperazine rings is 1. The molecule has 1 aliphatic carbocycles. The number of aromatic nitrogens is 3. The molecule has 5 heterocycles. The molecule has 7 rings (SSSR count). The van der Waals surface area contributed by atoms with Crippen LogP contribution in [0.2, 0.25) is 5.02 Å². The van der Waals surface area contributed by atoms with Gasteiger partial charge in [-0.05, 0) is 74.1 Å². The zero-order chi connectivity index (χ0) is 26.7. The Morgan fingerprint density at radius 3 is 2.74 bits per heavy atom. The summed E-state index contributed by atoms with van der Waals surface area (Å²) in [5.74, 6) is 8.13. The van der Waals surface area contributed by atoms with E-state index in [9.17, 15) is 9.50 Å². The molecule has 39 heavy (non-hydrogen) atoms. The van der Waals surface area contributed by atoms with E-state index >= 15 is 0 Å². The molecule has 4 saturated heterocycles. The van der Waals surface area contributed by atoms with Gasteiger partial charge in [0.05, 0.1) is 5.54 Å². The number of ether oxygens (including phenoxy) is 1. The van der Waals surface area contributed by atoms with Crippen LogP contribution in [-0.4, -0.2) is 81.5 Å². The lowest BCUT2D eigenvalue weighted by Crippen LogP contribution is -2.51. The lowest BCUT2D eigenvalue weighted by atomic mass is 9.95. The van der Waals surface area contributed by atoms with Gasteiger partial charge in [-0.25, -0.2) is 4.39 Å². The SMILES string of the molecule is C[C@H]1C[C@H]1c1c(Cl)cc(O)cc1C#Cc1nc(OC[C@@]23CCCN2C[C@H](F)C3)nc(N2C[C@H]3CC[C@@H](C2)N3)n1. The third-order valence-electron chi connectivity index (χ3n) is 9.24. The van der Waals surface area contributed by atoms with Crippen LogP contribution in [0, 0.1) is 17.8 Å². The van der Waals surface area contributed by atoms with Crippen molar-refractivity contribution in [2.24, 2.45) is 5.92 Å². The smallest absolute Gasteiger partial charge is 0.322 e. The predicted molar refractivity (Wildman–Crippen MR) is 146 cm³/mol. The van der Waals surface area contributed by atoms with Crippen LogP contribution in [-0.2, 0) is 0 Å². The average Bonchev–Trinajstić information content (AvgIpc) is 3.17. The van der Waals surface area contributed by atoms with Crippen molar-refractivity contribution in [2.45, 2.75) is 75.2 Å². The molecule has 8 nitrogen and oxygen atoms in total. The largest absolute Gasteiger partial charge is 0.508 e. The van der Waals surface area contributed by atoms with Crippen molar-refractivity contribution in [1.29, 1.82) is 0 Å². The second-order valence-corrected chi connectivity index (χ2v) is 12.5. The molecule has 2 aromatic rings. The molecule has 2 N–H and O–H groups in total. The number of nitrogens with one attached hydrogen (secondary N) is 1. The molecule has 206 valence electrons. The standard InChI is InChI=1S/C29H34ClFN6O2/c1-17-9-23(17)26-18(10-22(38)11-24(26)30)3-6-25-33-27(36-14-20-4-5-21(15-36)32-20)35-28(34-25)39-16-29-7-2-8-37(29)13-19(31)12-29/h10-11,17,19-21,23,32,38H,2,4-5,7-9,12-16H2,1H3/t17-,19+,20-,21+,23+,29-/m0/s1. The van der Waals surface area contributed by atoms with E-state index in [1.807, 2.05) is 0 Å². The number of hydrogen-bond donors (Lipinski definition) is 2. The van der Waals surface area contributed by atoms with Gasteiger partial charge in [0, 0.05) is 48.7 Å². The molecule has 5 aliphatic rings. The third-order valence-corrected chi connectivity index (χ3v) is 9.55. The summed E-state index contributed by atoms with van der Waals surface area (Å²) in [5.41, 5.74) is 1.38. The van der Waals surface area contributed by atoms with Gasteiger partial charge in [-0.3, -0.25) is 4.90 Å². The third kappa shape index (κ3) is 4.92. The van der Waals surface area contributed by atoms with Crippen molar-refractivity contribution in [3.8, 4) is 23.6 Å². The molecule has 4 aliphatic heterocycles. The van der Waals surface area contributed by atoms with E-state index in [-0.39, 0.29) is 17.3 Å². The molecule has 10 heteroatoms. The maximum absolute atomic E-state index is 14.3. The Hall–Kier alpha value is -2.67. The predicted octanol–water partition coefficient (Wildman–Crippen LogP) is 3.65. The first kappa shape index (κ1) is 25.3. The number of phenols is 1. The number of phenolic OH excluding ortho intramolecular Hbond substituents is 1. The van der Waals surface area contributed by atoms with Crippen LogP contribution in [0.4, 0.5) is 10.3 Å². The van der Waals surface area contributed by atoms with E-state index < -0.39 is 6.17 Å². The van der Waals surface area contributed by atoms with Gasteiger partial charge in [0.15, 0.2) is 0 Å². The molecule has 6 atom stereocenters. The number of fused-ring (bicyclic) bond motifs is 3. The lowest BCUT2D eigenvalue weighted by molar-refractivity contribution is 0.107. The Kier molecular flexibility index (Phi) is 6.33. The Bertz CT molecular complexity index is 1340. The molecule has 0 radical (unpaired) electrons. The lowest BCUT2D eigenvalue weighted by Gasteiger charge is -2.33. The Morgan fingerprint density at radius 2 is 1.97 bits per heavy atom.